The Kier molecular flexibility index (Phi) is 5.83. The highest BCUT2D eigenvalue weighted by atomic mass is 35.5. The number of carbonyl (C=O) groups is 1. The monoisotopic (exact) mass is 456 g/mol. The van der Waals surface area contributed by atoms with Gasteiger partial charge in [0, 0.05) is 24.0 Å². The van der Waals surface area contributed by atoms with Gasteiger partial charge in [0.15, 0.2) is 5.15 Å². The number of fused-ring (bicyclic) bond motifs is 1. The first kappa shape index (κ1) is 21.4. The number of anilines is 1. The molecule has 3 aromatic heterocycles. The number of benzene rings is 1. The summed E-state index contributed by atoms with van der Waals surface area (Å²) in [6, 6.07) is 9.62. The van der Waals surface area contributed by atoms with Crippen LogP contribution in [0.5, 0.6) is 5.88 Å². The average molecular weight is 457 g/mol. The number of rotatable bonds is 5. The van der Waals surface area contributed by atoms with Crippen molar-refractivity contribution in [1.29, 1.82) is 0 Å². The van der Waals surface area contributed by atoms with Gasteiger partial charge in [-0.15, -0.1) is 0 Å². The Bertz CT molecular complexity index is 1390. The number of carbonyl (C=O) groups excluding carboxylic acids is 1. The van der Waals surface area contributed by atoms with Crippen molar-refractivity contribution < 1.29 is 18.3 Å². The summed E-state index contributed by atoms with van der Waals surface area (Å²) in [5, 5.41) is 2.56. The second kappa shape index (κ2) is 8.72. The van der Waals surface area contributed by atoms with Crippen LogP contribution in [0.2, 0.25) is 5.15 Å². The lowest BCUT2D eigenvalue weighted by Gasteiger charge is -2.15. The summed E-state index contributed by atoms with van der Waals surface area (Å²) >= 11 is 5.98. The van der Waals surface area contributed by atoms with Crippen LogP contribution in [0.25, 0.3) is 11.0 Å². The maximum absolute atomic E-state index is 14.3. The van der Waals surface area contributed by atoms with Gasteiger partial charge in [0.05, 0.1) is 24.9 Å². The molecule has 4 aromatic rings. The van der Waals surface area contributed by atoms with Crippen molar-refractivity contribution in [3.05, 3.63) is 93.0 Å². The second-order valence-corrected chi connectivity index (χ2v) is 7.08. The average Bonchev–Trinajstić information content (AvgIpc) is 2.79. The molecule has 0 atom stereocenters. The van der Waals surface area contributed by atoms with Gasteiger partial charge >= 0.3 is 0 Å². The van der Waals surface area contributed by atoms with E-state index in [-0.39, 0.29) is 45.4 Å². The molecule has 0 fully saturated rings. The highest BCUT2D eigenvalue weighted by Crippen LogP contribution is 2.21. The molecular formula is C22H15ClF2N4O3. The van der Waals surface area contributed by atoms with E-state index in [0.717, 1.165) is 12.1 Å². The number of halogens is 3. The molecular weight excluding hydrogens is 442 g/mol. The highest BCUT2D eigenvalue weighted by molar-refractivity contribution is 6.32. The molecule has 0 aliphatic rings. The molecule has 0 unspecified atom stereocenters. The predicted molar refractivity (Wildman–Crippen MR) is 115 cm³/mol. The smallest absolute Gasteiger partial charge is 0.261 e. The van der Waals surface area contributed by atoms with E-state index in [1.54, 1.807) is 6.07 Å². The van der Waals surface area contributed by atoms with Crippen LogP contribution in [0, 0.1) is 11.6 Å². The molecule has 3 heterocycles. The fraction of sp³-hybridized carbons (Fsp3) is 0.0909. The van der Waals surface area contributed by atoms with Crippen molar-refractivity contribution in [2.45, 2.75) is 6.54 Å². The molecule has 0 saturated carbocycles. The lowest BCUT2D eigenvalue weighted by atomic mass is 10.1. The zero-order valence-electron chi connectivity index (χ0n) is 16.6. The molecule has 0 aliphatic carbocycles. The molecule has 0 radical (unpaired) electrons. The standard InChI is InChI=1S/C22H15ClF2N4O3/c1-32-18-8-7-17-19(28-18)20(30)13(22(31)27-16-6-3-9-26-21(16)23)11-29(17)10-12-14(24)4-2-5-15(12)25/h2-9,11H,10H2,1H3,(H,27,31). The van der Waals surface area contributed by atoms with E-state index in [4.69, 9.17) is 16.3 Å². The first-order valence-electron chi connectivity index (χ1n) is 9.32. The zero-order valence-corrected chi connectivity index (χ0v) is 17.4. The van der Waals surface area contributed by atoms with Crippen LogP contribution < -0.4 is 15.5 Å². The topological polar surface area (TPSA) is 86.1 Å². The van der Waals surface area contributed by atoms with E-state index in [1.165, 1.54) is 48.3 Å². The molecule has 7 nitrogen and oxygen atoms in total. The van der Waals surface area contributed by atoms with Gasteiger partial charge in [-0.1, -0.05) is 17.7 Å². The van der Waals surface area contributed by atoms with E-state index in [9.17, 15) is 18.4 Å². The van der Waals surface area contributed by atoms with E-state index in [0.29, 0.717) is 0 Å². The molecule has 4 rings (SSSR count). The molecule has 10 heteroatoms. The van der Waals surface area contributed by atoms with Gasteiger partial charge in [-0.2, -0.15) is 0 Å². The predicted octanol–water partition coefficient (Wildman–Crippen LogP) is 4.03. The lowest BCUT2D eigenvalue weighted by Crippen LogP contribution is -2.25. The molecule has 162 valence electrons. The van der Waals surface area contributed by atoms with Crippen LogP contribution in [-0.2, 0) is 6.54 Å². The number of methoxy groups -OCH3 is 1. The van der Waals surface area contributed by atoms with Gasteiger partial charge in [-0.3, -0.25) is 9.59 Å². The molecule has 0 saturated heterocycles. The van der Waals surface area contributed by atoms with Gasteiger partial charge in [0.1, 0.15) is 22.7 Å². The largest absolute Gasteiger partial charge is 0.481 e. The number of aromatic nitrogens is 3. The molecule has 1 amide bonds. The SMILES string of the molecule is COc1ccc2c(n1)c(=O)c(C(=O)Nc1cccnc1Cl)cn2Cc1c(F)cccc1F. The van der Waals surface area contributed by atoms with Gasteiger partial charge in [-0.25, -0.2) is 18.7 Å². The molecule has 32 heavy (non-hydrogen) atoms. The summed E-state index contributed by atoms with van der Waals surface area (Å²) in [6.45, 7) is -0.281. The molecule has 1 aromatic carbocycles. The minimum Gasteiger partial charge on any atom is -0.481 e. The second-order valence-electron chi connectivity index (χ2n) is 6.72. The van der Waals surface area contributed by atoms with Crippen LogP contribution in [0.15, 0.2) is 59.7 Å². The lowest BCUT2D eigenvalue weighted by molar-refractivity contribution is 0.102. The van der Waals surface area contributed by atoms with E-state index < -0.39 is 23.0 Å². The third kappa shape index (κ3) is 4.02. The number of hydrogen-bond acceptors (Lipinski definition) is 5. The van der Waals surface area contributed by atoms with Crippen LogP contribution in [0.3, 0.4) is 0 Å². The Balaban J connectivity index is 1.88. The first-order chi connectivity index (χ1) is 15.4. The van der Waals surface area contributed by atoms with Crippen molar-refractivity contribution in [3.63, 3.8) is 0 Å². The fourth-order valence-electron chi connectivity index (χ4n) is 3.17. The third-order valence-corrected chi connectivity index (χ3v) is 5.05. The number of pyridine rings is 3. The number of nitrogens with zero attached hydrogens (tertiary/aromatic N) is 3. The molecule has 0 spiro atoms. The van der Waals surface area contributed by atoms with Crippen LogP contribution in [0.4, 0.5) is 14.5 Å². The summed E-state index contributed by atoms with van der Waals surface area (Å²) < 4.78 is 35.0. The van der Waals surface area contributed by atoms with Gasteiger partial charge in [0.2, 0.25) is 11.3 Å². The first-order valence-corrected chi connectivity index (χ1v) is 9.69. The Labute approximate surface area is 185 Å². The van der Waals surface area contributed by atoms with Crippen LogP contribution in [0.1, 0.15) is 15.9 Å². The maximum Gasteiger partial charge on any atom is 0.261 e. The van der Waals surface area contributed by atoms with Gasteiger partial charge in [0.25, 0.3) is 5.91 Å². The number of ether oxygens (including phenoxy) is 1. The van der Waals surface area contributed by atoms with Crippen LogP contribution in [-0.4, -0.2) is 27.6 Å². The summed E-state index contributed by atoms with van der Waals surface area (Å²) in [4.78, 5) is 34.0. The number of hydrogen-bond donors (Lipinski definition) is 1. The molecule has 0 aliphatic heterocycles. The Morgan fingerprint density at radius 3 is 2.59 bits per heavy atom. The molecule has 0 bridgehead atoms. The molecule has 1 N–H and O–H groups in total. The summed E-state index contributed by atoms with van der Waals surface area (Å²) in [6.07, 6.45) is 2.67. The Hall–Kier alpha value is -3.85. The van der Waals surface area contributed by atoms with Crippen molar-refractivity contribution in [1.82, 2.24) is 14.5 Å². The zero-order chi connectivity index (χ0) is 22.8. The minimum atomic E-state index is -0.779. The van der Waals surface area contributed by atoms with Crippen molar-refractivity contribution in [2.24, 2.45) is 0 Å². The van der Waals surface area contributed by atoms with Crippen molar-refractivity contribution >= 4 is 34.2 Å². The highest BCUT2D eigenvalue weighted by Gasteiger charge is 2.20. The summed E-state index contributed by atoms with van der Waals surface area (Å²) in [7, 11) is 1.38. The third-order valence-electron chi connectivity index (χ3n) is 4.75. The van der Waals surface area contributed by atoms with Crippen molar-refractivity contribution in [2.75, 3.05) is 12.4 Å². The Morgan fingerprint density at radius 2 is 1.91 bits per heavy atom. The number of amides is 1. The Morgan fingerprint density at radius 1 is 1.16 bits per heavy atom. The van der Waals surface area contributed by atoms with Crippen LogP contribution >= 0.6 is 11.6 Å². The van der Waals surface area contributed by atoms with E-state index in [1.807, 2.05) is 0 Å². The van der Waals surface area contributed by atoms with Crippen molar-refractivity contribution in [3.8, 4) is 5.88 Å². The normalized spacial score (nSPS) is 10.9. The van der Waals surface area contributed by atoms with E-state index in [2.05, 4.69) is 15.3 Å². The van der Waals surface area contributed by atoms with Gasteiger partial charge < -0.3 is 14.6 Å². The van der Waals surface area contributed by atoms with E-state index >= 15 is 0 Å². The summed E-state index contributed by atoms with van der Waals surface area (Å²) in [5.41, 5.74) is -0.823. The van der Waals surface area contributed by atoms with Gasteiger partial charge in [-0.05, 0) is 30.3 Å². The minimum absolute atomic E-state index is 0.0372. The quantitative estimate of drug-likeness (QED) is 0.458. The number of nitrogens with one attached hydrogen (secondary N) is 1. The maximum atomic E-state index is 14.3. The summed E-state index contributed by atoms with van der Waals surface area (Å²) in [5.74, 6) is -2.15. The fourth-order valence-corrected chi connectivity index (χ4v) is 3.34.